The zero-order chi connectivity index (χ0) is 26.8. The molecular weight excluding hydrogens is 481 g/mol. The molecule has 1 saturated carbocycles. The van der Waals surface area contributed by atoms with Gasteiger partial charge in [-0.3, -0.25) is 4.90 Å². The fraction of sp³-hybridized carbons (Fsp3) is 0.630. The van der Waals surface area contributed by atoms with Crippen LogP contribution in [-0.4, -0.2) is 59.7 Å². The van der Waals surface area contributed by atoms with Crippen molar-refractivity contribution < 1.29 is 17.9 Å². The number of nitrogens with zero attached hydrogens (tertiary/aromatic N) is 4. The smallest absolute Gasteiger partial charge is 0.421 e. The maximum atomic E-state index is 13.7. The van der Waals surface area contributed by atoms with E-state index in [1.54, 1.807) is 7.11 Å². The zero-order valence-corrected chi connectivity index (χ0v) is 22.5. The lowest BCUT2D eigenvalue weighted by molar-refractivity contribution is -0.137. The summed E-state index contributed by atoms with van der Waals surface area (Å²) in [5, 5.41) is 6.13. The molecule has 1 aromatic carbocycles. The van der Waals surface area contributed by atoms with Crippen molar-refractivity contribution in [2.75, 3.05) is 48.8 Å². The van der Waals surface area contributed by atoms with Gasteiger partial charge < -0.3 is 20.3 Å². The summed E-state index contributed by atoms with van der Waals surface area (Å²) >= 11 is 0. The van der Waals surface area contributed by atoms with Gasteiger partial charge >= 0.3 is 6.18 Å². The third-order valence-electron chi connectivity index (χ3n) is 7.37. The minimum atomic E-state index is -4.54. The highest BCUT2D eigenvalue weighted by Gasteiger charge is 2.36. The van der Waals surface area contributed by atoms with E-state index in [1.807, 2.05) is 19.1 Å². The van der Waals surface area contributed by atoms with Crippen molar-refractivity contribution in [3.05, 3.63) is 29.5 Å². The van der Waals surface area contributed by atoms with Crippen LogP contribution in [0.5, 0.6) is 5.75 Å². The van der Waals surface area contributed by atoms with Gasteiger partial charge in [-0.2, -0.15) is 18.2 Å². The van der Waals surface area contributed by atoms with E-state index in [9.17, 15) is 13.2 Å². The van der Waals surface area contributed by atoms with E-state index in [1.165, 1.54) is 0 Å². The van der Waals surface area contributed by atoms with Crippen molar-refractivity contribution in [3.8, 4) is 5.75 Å². The zero-order valence-electron chi connectivity index (χ0n) is 22.5. The van der Waals surface area contributed by atoms with Gasteiger partial charge in [0.25, 0.3) is 0 Å². The summed E-state index contributed by atoms with van der Waals surface area (Å²) in [6.45, 7) is 12.5. The van der Waals surface area contributed by atoms with Gasteiger partial charge in [0.1, 0.15) is 17.1 Å². The van der Waals surface area contributed by atoms with Crippen LogP contribution in [-0.2, 0) is 6.18 Å². The van der Waals surface area contributed by atoms with E-state index in [-0.39, 0.29) is 23.3 Å². The lowest BCUT2D eigenvalue weighted by Gasteiger charge is -2.43. The van der Waals surface area contributed by atoms with E-state index in [0.717, 1.165) is 75.7 Å². The van der Waals surface area contributed by atoms with Crippen LogP contribution in [0.1, 0.15) is 64.0 Å². The van der Waals surface area contributed by atoms with Crippen LogP contribution in [0, 0.1) is 6.92 Å². The first-order chi connectivity index (χ1) is 17.5. The molecule has 0 atom stereocenters. The molecule has 1 aliphatic carbocycles. The molecule has 0 amide bonds. The SMILES string of the molecule is COc1cc(N2CCN(C(C)(C)C)CC2)c(C)cc1Nc1ncc(C(F)(F)F)c(NC2CCCCC2)n1. The first kappa shape index (κ1) is 27.3. The highest BCUT2D eigenvalue weighted by atomic mass is 19.4. The third-order valence-corrected chi connectivity index (χ3v) is 7.37. The van der Waals surface area contributed by atoms with E-state index in [0.29, 0.717) is 11.4 Å². The number of alkyl halides is 3. The fourth-order valence-corrected chi connectivity index (χ4v) is 5.22. The van der Waals surface area contributed by atoms with Gasteiger partial charge in [-0.25, -0.2) is 4.98 Å². The fourth-order valence-electron chi connectivity index (χ4n) is 5.22. The predicted octanol–water partition coefficient (Wildman–Crippen LogP) is 6.22. The molecule has 0 unspecified atom stereocenters. The predicted molar refractivity (Wildman–Crippen MR) is 142 cm³/mol. The largest absolute Gasteiger partial charge is 0.494 e. The Hall–Kier alpha value is -2.75. The maximum Gasteiger partial charge on any atom is 0.421 e. The molecule has 0 bridgehead atoms. The number of aryl methyl sites for hydroxylation is 1. The second-order valence-electron chi connectivity index (χ2n) is 11.0. The molecule has 204 valence electrons. The minimum Gasteiger partial charge on any atom is -0.494 e. The van der Waals surface area contributed by atoms with E-state index >= 15 is 0 Å². The number of aromatic nitrogens is 2. The van der Waals surface area contributed by atoms with E-state index in [4.69, 9.17) is 4.74 Å². The Morgan fingerprint density at radius 1 is 1.00 bits per heavy atom. The van der Waals surface area contributed by atoms with Crippen molar-refractivity contribution in [3.63, 3.8) is 0 Å². The topological polar surface area (TPSA) is 65.6 Å². The number of piperazine rings is 1. The highest BCUT2D eigenvalue weighted by Crippen LogP contribution is 2.38. The number of anilines is 4. The Balaban J connectivity index is 1.56. The van der Waals surface area contributed by atoms with Gasteiger partial charge in [-0.15, -0.1) is 0 Å². The summed E-state index contributed by atoms with van der Waals surface area (Å²) in [5.74, 6) is 0.501. The van der Waals surface area contributed by atoms with E-state index in [2.05, 4.69) is 51.2 Å². The molecule has 0 spiro atoms. The van der Waals surface area contributed by atoms with Crippen LogP contribution < -0.4 is 20.3 Å². The quantitative estimate of drug-likeness (QED) is 0.469. The number of nitrogens with one attached hydrogen (secondary N) is 2. The first-order valence-corrected chi connectivity index (χ1v) is 13.1. The Morgan fingerprint density at radius 3 is 2.27 bits per heavy atom. The van der Waals surface area contributed by atoms with Gasteiger partial charge in [0.15, 0.2) is 0 Å². The van der Waals surface area contributed by atoms with Crippen molar-refractivity contribution in [1.29, 1.82) is 0 Å². The minimum absolute atomic E-state index is 0.0209. The lowest BCUT2D eigenvalue weighted by atomic mass is 9.95. The second-order valence-corrected chi connectivity index (χ2v) is 11.0. The molecule has 37 heavy (non-hydrogen) atoms. The van der Waals surface area contributed by atoms with Crippen LogP contribution in [0.3, 0.4) is 0 Å². The van der Waals surface area contributed by atoms with Crippen LogP contribution in [0.2, 0.25) is 0 Å². The monoisotopic (exact) mass is 520 g/mol. The summed E-state index contributed by atoms with van der Waals surface area (Å²) in [7, 11) is 1.58. The number of hydrogen-bond donors (Lipinski definition) is 2. The van der Waals surface area contributed by atoms with Gasteiger partial charge in [-0.1, -0.05) is 19.3 Å². The molecule has 4 rings (SSSR count). The molecule has 0 radical (unpaired) electrons. The molecule has 2 aromatic rings. The standard InChI is InChI=1S/C27H39F3N6O/c1-18-15-21(23(37-5)16-22(18)35-11-13-36(14-12-35)26(2,3)4)33-25-31-17-20(27(28,29)30)24(34-25)32-19-9-7-6-8-10-19/h15-17,19H,6-14H2,1-5H3,(H2,31,32,33,34). The van der Waals surface area contributed by atoms with Crippen LogP contribution >= 0.6 is 0 Å². The van der Waals surface area contributed by atoms with Crippen molar-refractivity contribution in [2.45, 2.75) is 77.6 Å². The number of halogens is 3. The summed E-state index contributed by atoms with van der Waals surface area (Å²) in [6.07, 6.45) is 1.10. The summed E-state index contributed by atoms with van der Waals surface area (Å²) in [5.41, 5.74) is 2.03. The molecule has 2 fully saturated rings. The Kier molecular flexibility index (Phi) is 8.06. The highest BCUT2D eigenvalue weighted by molar-refractivity contribution is 5.71. The van der Waals surface area contributed by atoms with Crippen molar-refractivity contribution in [1.82, 2.24) is 14.9 Å². The van der Waals surface area contributed by atoms with Crippen LogP contribution in [0.15, 0.2) is 18.3 Å². The average Bonchev–Trinajstić information content (AvgIpc) is 2.84. The number of methoxy groups -OCH3 is 1. The molecule has 2 N–H and O–H groups in total. The summed E-state index contributed by atoms with van der Waals surface area (Å²) in [4.78, 5) is 13.1. The summed E-state index contributed by atoms with van der Waals surface area (Å²) < 4.78 is 46.7. The molecular formula is C27H39F3N6O. The molecule has 1 saturated heterocycles. The van der Waals surface area contributed by atoms with E-state index < -0.39 is 11.7 Å². The Bertz CT molecular complexity index is 1070. The number of ether oxygens (including phenoxy) is 1. The molecule has 7 nitrogen and oxygen atoms in total. The van der Waals surface area contributed by atoms with Gasteiger partial charge in [0.2, 0.25) is 5.95 Å². The number of rotatable bonds is 6. The Morgan fingerprint density at radius 2 is 1.68 bits per heavy atom. The normalized spacial score (nSPS) is 18.1. The lowest BCUT2D eigenvalue weighted by Crippen LogP contribution is -2.53. The van der Waals surface area contributed by atoms with Gasteiger partial charge in [-0.05, 0) is 52.2 Å². The van der Waals surface area contributed by atoms with Crippen molar-refractivity contribution in [2.24, 2.45) is 0 Å². The molecule has 1 aliphatic heterocycles. The third kappa shape index (κ3) is 6.58. The molecule has 1 aromatic heterocycles. The molecule has 2 heterocycles. The number of hydrogen-bond acceptors (Lipinski definition) is 7. The van der Waals surface area contributed by atoms with Crippen LogP contribution in [0.4, 0.5) is 36.3 Å². The maximum absolute atomic E-state index is 13.7. The second kappa shape index (κ2) is 10.9. The Labute approximate surface area is 217 Å². The first-order valence-electron chi connectivity index (χ1n) is 13.1. The van der Waals surface area contributed by atoms with Crippen LogP contribution in [0.25, 0.3) is 0 Å². The summed E-state index contributed by atoms with van der Waals surface area (Å²) in [6, 6.07) is 3.90. The van der Waals surface area contributed by atoms with Crippen molar-refractivity contribution >= 4 is 23.1 Å². The molecule has 10 heteroatoms. The molecule has 2 aliphatic rings. The number of benzene rings is 1. The van der Waals surface area contributed by atoms with Gasteiger partial charge in [0, 0.05) is 55.7 Å². The average molecular weight is 521 g/mol. The van der Waals surface area contributed by atoms with Gasteiger partial charge in [0.05, 0.1) is 12.8 Å².